The summed E-state index contributed by atoms with van der Waals surface area (Å²) in [7, 11) is 0. The van der Waals surface area contributed by atoms with Gasteiger partial charge >= 0.3 is 12.0 Å². The summed E-state index contributed by atoms with van der Waals surface area (Å²) >= 11 is 0. The Labute approximate surface area is 107 Å². The molecule has 8 nitrogen and oxygen atoms in total. The van der Waals surface area contributed by atoms with Crippen molar-refractivity contribution in [2.24, 2.45) is 0 Å². The molecule has 98 valence electrons. The van der Waals surface area contributed by atoms with Crippen molar-refractivity contribution < 1.29 is 19.2 Å². The number of pyridine rings is 1. The van der Waals surface area contributed by atoms with E-state index in [1.807, 2.05) is 0 Å². The molecule has 0 aromatic carbocycles. The van der Waals surface area contributed by atoms with Gasteiger partial charge in [0.2, 0.25) is 0 Å². The standard InChI is InChI=1S/C11H10N4O4/c16-10(17)9-8(2-1-4-12-9)15-11(18)13-6-7-3-5-14-19-7/h1-5H,6H2,(H,16,17)(H2,13,15,18). The van der Waals surface area contributed by atoms with Crippen molar-refractivity contribution in [1.82, 2.24) is 15.5 Å². The van der Waals surface area contributed by atoms with Crippen molar-refractivity contribution in [3.05, 3.63) is 42.0 Å². The van der Waals surface area contributed by atoms with E-state index in [-0.39, 0.29) is 17.9 Å². The predicted molar refractivity (Wildman–Crippen MR) is 63.6 cm³/mol. The molecule has 2 rings (SSSR count). The fourth-order valence-corrected chi connectivity index (χ4v) is 1.34. The second-order valence-electron chi connectivity index (χ2n) is 3.49. The largest absolute Gasteiger partial charge is 0.476 e. The quantitative estimate of drug-likeness (QED) is 0.759. The Morgan fingerprint density at radius 1 is 1.32 bits per heavy atom. The Kier molecular flexibility index (Phi) is 3.72. The lowest BCUT2D eigenvalue weighted by Gasteiger charge is -2.07. The van der Waals surface area contributed by atoms with Crippen molar-refractivity contribution in [3.8, 4) is 0 Å². The first-order valence-corrected chi connectivity index (χ1v) is 5.29. The Bertz CT molecular complexity index is 582. The summed E-state index contributed by atoms with van der Waals surface area (Å²) in [6.07, 6.45) is 2.79. The number of aromatic nitrogens is 2. The zero-order chi connectivity index (χ0) is 13.7. The number of nitrogens with zero attached hydrogens (tertiary/aromatic N) is 2. The summed E-state index contributed by atoms with van der Waals surface area (Å²) in [4.78, 5) is 26.1. The third-order valence-electron chi connectivity index (χ3n) is 2.17. The lowest BCUT2D eigenvalue weighted by atomic mass is 10.3. The molecular formula is C11H10N4O4. The summed E-state index contributed by atoms with van der Waals surface area (Å²) in [5.74, 6) is -0.731. The summed E-state index contributed by atoms with van der Waals surface area (Å²) < 4.78 is 4.80. The Hall–Kier alpha value is -2.90. The molecule has 0 atom stereocenters. The summed E-state index contributed by atoms with van der Waals surface area (Å²) in [6.45, 7) is 0.147. The van der Waals surface area contributed by atoms with Gasteiger partial charge in [0.05, 0.1) is 18.4 Å². The molecule has 0 bridgehead atoms. The number of hydrogen-bond donors (Lipinski definition) is 3. The number of nitrogens with one attached hydrogen (secondary N) is 2. The molecule has 19 heavy (non-hydrogen) atoms. The number of amides is 2. The first kappa shape index (κ1) is 12.6. The summed E-state index contributed by atoms with van der Waals surface area (Å²) in [5, 5.41) is 17.3. The Balaban J connectivity index is 1.97. The van der Waals surface area contributed by atoms with Crippen LogP contribution in [0.1, 0.15) is 16.2 Å². The van der Waals surface area contributed by atoms with Crippen LogP contribution in [-0.2, 0) is 6.54 Å². The predicted octanol–water partition coefficient (Wildman–Crippen LogP) is 1.09. The van der Waals surface area contributed by atoms with Crippen LogP contribution in [0.4, 0.5) is 10.5 Å². The van der Waals surface area contributed by atoms with Crippen LogP contribution >= 0.6 is 0 Å². The molecule has 2 heterocycles. The molecular weight excluding hydrogens is 252 g/mol. The van der Waals surface area contributed by atoms with E-state index in [2.05, 4.69) is 20.8 Å². The number of carboxylic acid groups (broad SMARTS) is 1. The minimum atomic E-state index is -1.22. The summed E-state index contributed by atoms with van der Waals surface area (Å²) in [6, 6.07) is 4.02. The van der Waals surface area contributed by atoms with Crippen LogP contribution in [0.3, 0.4) is 0 Å². The average Bonchev–Trinajstić information content (AvgIpc) is 2.90. The maximum Gasteiger partial charge on any atom is 0.356 e. The van der Waals surface area contributed by atoms with Gasteiger partial charge in [-0.2, -0.15) is 0 Å². The number of aromatic carboxylic acids is 1. The second-order valence-corrected chi connectivity index (χ2v) is 3.49. The van der Waals surface area contributed by atoms with E-state index in [1.165, 1.54) is 24.5 Å². The monoisotopic (exact) mass is 262 g/mol. The minimum Gasteiger partial charge on any atom is -0.476 e. The molecule has 0 aliphatic heterocycles. The van der Waals surface area contributed by atoms with E-state index >= 15 is 0 Å². The molecule has 0 saturated carbocycles. The third kappa shape index (κ3) is 3.28. The molecule has 2 amide bonds. The number of anilines is 1. The lowest BCUT2D eigenvalue weighted by molar-refractivity contribution is 0.0691. The molecule has 0 spiro atoms. The van der Waals surface area contributed by atoms with Gasteiger partial charge in [-0.15, -0.1) is 0 Å². The van der Waals surface area contributed by atoms with Crippen LogP contribution in [0, 0.1) is 0 Å². The number of carboxylic acids is 1. The van der Waals surface area contributed by atoms with Gasteiger partial charge < -0.3 is 20.3 Å². The molecule has 2 aromatic rings. The molecule has 0 radical (unpaired) electrons. The maximum atomic E-state index is 11.6. The van der Waals surface area contributed by atoms with Gasteiger partial charge in [0.15, 0.2) is 11.5 Å². The highest BCUT2D eigenvalue weighted by molar-refractivity contribution is 5.98. The van der Waals surface area contributed by atoms with Crippen LogP contribution in [0.15, 0.2) is 35.1 Å². The average molecular weight is 262 g/mol. The van der Waals surface area contributed by atoms with Crippen molar-refractivity contribution in [3.63, 3.8) is 0 Å². The fourth-order valence-electron chi connectivity index (χ4n) is 1.34. The Morgan fingerprint density at radius 3 is 2.84 bits per heavy atom. The number of carbonyl (C=O) groups is 2. The van der Waals surface area contributed by atoms with Crippen LogP contribution in [0.25, 0.3) is 0 Å². The van der Waals surface area contributed by atoms with Crippen LogP contribution < -0.4 is 10.6 Å². The van der Waals surface area contributed by atoms with Gasteiger partial charge in [-0.05, 0) is 12.1 Å². The first-order chi connectivity index (χ1) is 9.16. The van der Waals surface area contributed by atoms with Gasteiger partial charge in [-0.25, -0.2) is 14.6 Å². The third-order valence-corrected chi connectivity index (χ3v) is 2.17. The van der Waals surface area contributed by atoms with E-state index in [0.29, 0.717) is 5.76 Å². The van der Waals surface area contributed by atoms with Gasteiger partial charge in [-0.1, -0.05) is 5.16 Å². The fraction of sp³-hybridized carbons (Fsp3) is 0.0909. The highest BCUT2D eigenvalue weighted by Crippen LogP contribution is 2.11. The summed E-state index contributed by atoms with van der Waals surface area (Å²) in [5.41, 5.74) is -0.109. The van der Waals surface area contributed by atoms with E-state index in [4.69, 9.17) is 9.63 Å². The van der Waals surface area contributed by atoms with Crippen LogP contribution in [0.2, 0.25) is 0 Å². The maximum absolute atomic E-state index is 11.6. The van der Waals surface area contributed by atoms with Crippen LogP contribution in [-0.4, -0.2) is 27.2 Å². The SMILES string of the molecule is O=C(NCc1ccno1)Nc1cccnc1C(=O)O. The number of hydrogen-bond acceptors (Lipinski definition) is 5. The number of urea groups is 1. The van der Waals surface area contributed by atoms with Crippen molar-refractivity contribution in [2.75, 3.05) is 5.32 Å². The molecule has 0 unspecified atom stereocenters. The smallest absolute Gasteiger partial charge is 0.356 e. The van der Waals surface area contributed by atoms with Gasteiger partial charge in [0.1, 0.15) is 0 Å². The van der Waals surface area contributed by atoms with Gasteiger partial charge in [0.25, 0.3) is 0 Å². The highest BCUT2D eigenvalue weighted by Gasteiger charge is 2.13. The van der Waals surface area contributed by atoms with E-state index in [9.17, 15) is 9.59 Å². The highest BCUT2D eigenvalue weighted by atomic mass is 16.5. The van der Waals surface area contributed by atoms with Crippen molar-refractivity contribution in [2.45, 2.75) is 6.54 Å². The van der Waals surface area contributed by atoms with Crippen LogP contribution in [0.5, 0.6) is 0 Å². The molecule has 0 aliphatic carbocycles. The van der Waals surface area contributed by atoms with E-state index in [0.717, 1.165) is 0 Å². The first-order valence-electron chi connectivity index (χ1n) is 5.29. The molecule has 0 saturated heterocycles. The van der Waals surface area contributed by atoms with Gasteiger partial charge in [0, 0.05) is 12.3 Å². The van der Waals surface area contributed by atoms with E-state index in [1.54, 1.807) is 6.07 Å². The molecule has 8 heteroatoms. The van der Waals surface area contributed by atoms with Crippen molar-refractivity contribution in [1.29, 1.82) is 0 Å². The van der Waals surface area contributed by atoms with E-state index < -0.39 is 12.0 Å². The number of rotatable bonds is 4. The Morgan fingerprint density at radius 2 is 2.16 bits per heavy atom. The number of carbonyl (C=O) groups excluding carboxylic acids is 1. The molecule has 0 aliphatic rings. The second kappa shape index (κ2) is 5.63. The topological polar surface area (TPSA) is 117 Å². The van der Waals surface area contributed by atoms with Gasteiger partial charge in [-0.3, -0.25) is 0 Å². The zero-order valence-electron chi connectivity index (χ0n) is 9.66. The zero-order valence-corrected chi connectivity index (χ0v) is 9.66. The normalized spacial score (nSPS) is 9.89. The molecule has 3 N–H and O–H groups in total. The molecule has 2 aromatic heterocycles. The molecule has 0 fully saturated rings. The van der Waals surface area contributed by atoms with Crippen molar-refractivity contribution >= 4 is 17.7 Å². The minimum absolute atomic E-state index is 0.116. The lowest BCUT2D eigenvalue weighted by Crippen LogP contribution is -2.29.